The van der Waals surface area contributed by atoms with E-state index >= 15 is 0 Å². The molecule has 7 heteroatoms. The minimum atomic E-state index is -0.265. The molecular weight excluding hydrogens is 365 g/mol. The van der Waals surface area contributed by atoms with Crippen LogP contribution in [0.4, 0.5) is 4.39 Å². The highest BCUT2D eigenvalue weighted by Crippen LogP contribution is 2.25. The van der Waals surface area contributed by atoms with Crippen molar-refractivity contribution >= 4 is 28.3 Å². The van der Waals surface area contributed by atoms with Crippen LogP contribution in [0.15, 0.2) is 67.3 Å². The Balaban J connectivity index is 1.87. The Hall–Kier alpha value is -3.12. The summed E-state index contributed by atoms with van der Waals surface area (Å²) in [6.45, 7) is 6.03. The van der Waals surface area contributed by atoms with Crippen LogP contribution in [-0.2, 0) is 0 Å². The fourth-order valence-corrected chi connectivity index (χ4v) is 2.88. The number of halogens is 2. The first-order valence-electron chi connectivity index (χ1n) is 8.29. The molecule has 4 N–H and O–H groups in total. The Labute approximate surface area is 161 Å². The molecule has 0 unspecified atom stereocenters. The van der Waals surface area contributed by atoms with E-state index in [4.69, 9.17) is 17.3 Å². The Morgan fingerprint density at radius 2 is 2.11 bits per heavy atom. The molecule has 0 aliphatic rings. The fraction of sp³-hybridized carbons (Fsp3) is 0.100. The van der Waals surface area contributed by atoms with Gasteiger partial charge in [-0.05, 0) is 48.5 Å². The highest BCUT2D eigenvalue weighted by atomic mass is 35.5. The number of hydrogen-bond acceptors (Lipinski definition) is 4. The molecule has 0 amide bonds. The zero-order valence-electron chi connectivity index (χ0n) is 14.7. The summed E-state index contributed by atoms with van der Waals surface area (Å²) in [5, 5.41) is 3.59. The minimum Gasteiger partial charge on any atom is -0.405 e. The van der Waals surface area contributed by atoms with Gasteiger partial charge in [-0.25, -0.2) is 14.4 Å². The van der Waals surface area contributed by atoms with E-state index in [0.29, 0.717) is 22.0 Å². The van der Waals surface area contributed by atoms with Crippen molar-refractivity contribution in [3.63, 3.8) is 0 Å². The third kappa shape index (κ3) is 4.35. The van der Waals surface area contributed by atoms with Crippen LogP contribution in [0, 0.1) is 5.82 Å². The topological polar surface area (TPSA) is 79.6 Å². The van der Waals surface area contributed by atoms with E-state index < -0.39 is 0 Å². The number of benzene rings is 1. The maximum atomic E-state index is 13.1. The second-order valence-electron chi connectivity index (χ2n) is 5.99. The largest absolute Gasteiger partial charge is 0.405 e. The van der Waals surface area contributed by atoms with Crippen LogP contribution in [0.2, 0.25) is 5.15 Å². The first-order valence-corrected chi connectivity index (χ1v) is 8.66. The molecule has 0 radical (unpaired) electrons. The van der Waals surface area contributed by atoms with Gasteiger partial charge in [-0.15, -0.1) is 0 Å². The number of rotatable bonds is 6. The minimum absolute atomic E-state index is 0.0466. The normalized spacial score (nSPS) is 13.2. The lowest BCUT2D eigenvalue weighted by molar-refractivity contribution is 0.621. The van der Waals surface area contributed by atoms with E-state index in [-0.39, 0.29) is 11.9 Å². The average Bonchev–Trinajstić information content (AvgIpc) is 3.04. The molecule has 3 aromatic rings. The SMILES string of the molecule is C=C(/C=C(\C=C/N)c1c[nH]c2ncc(Cl)nc12)N[C@@H](C)c1ccc(F)cc1. The lowest BCUT2D eigenvalue weighted by Gasteiger charge is -2.16. The third-order valence-electron chi connectivity index (χ3n) is 4.04. The molecule has 2 aromatic heterocycles. The van der Waals surface area contributed by atoms with Gasteiger partial charge in [0.2, 0.25) is 0 Å². The van der Waals surface area contributed by atoms with Crippen LogP contribution < -0.4 is 11.1 Å². The molecule has 5 nitrogen and oxygen atoms in total. The predicted octanol–water partition coefficient (Wildman–Crippen LogP) is 4.47. The third-order valence-corrected chi connectivity index (χ3v) is 4.22. The maximum absolute atomic E-state index is 13.1. The predicted molar refractivity (Wildman–Crippen MR) is 107 cm³/mol. The van der Waals surface area contributed by atoms with Crippen LogP contribution in [0.5, 0.6) is 0 Å². The van der Waals surface area contributed by atoms with E-state index in [1.807, 2.05) is 13.0 Å². The molecule has 1 aromatic carbocycles. The molecule has 0 bridgehead atoms. The van der Waals surface area contributed by atoms with E-state index in [9.17, 15) is 4.39 Å². The first kappa shape index (κ1) is 18.7. The summed E-state index contributed by atoms with van der Waals surface area (Å²) >= 11 is 5.98. The molecule has 1 atom stereocenters. The highest BCUT2D eigenvalue weighted by molar-refractivity contribution is 6.29. The van der Waals surface area contributed by atoms with E-state index in [0.717, 1.165) is 16.7 Å². The number of nitrogens with zero attached hydrogens (tertiary/aromatic N) is 2. The standard InChI is InChI=1S/C20H19ClFN5/c1-12(26-13(2)14-3-5-16(22)6-4-14)9-15(7-8-23)17-10-24-20-19(17)27-18(21)11-25-20/h3-11,13,26H,1,23H2,2H3,(H,24,25)/b8-7-,15-9+/t13-/m0/s1. The van der Waals surface area contributed by atoms with Gasteiger partial charge in [0.05, 0.1) is 6.20 Å². The van der Waals surface area contributed by atoms with Gasteiger partial charge in [-0.1, -0.05) is 30.3 Å². The van der Waals surface area contributed by atoms with Crippen molar-refractivity contribution in [3.8, 4) is 0 Å². The molecule has 27 heavy (non-hydrogen) atoms. The summed E-state index contributed by atoms with van der Waals surface area (Å²) in [6, 6.07) is 6.30. The summed E-state index contributed by atoms with van der Waals surface area (Å²) in [5.41, 5.74) is 10.1. The molecule has 0 aliphatic carbocycles. The number of aromatic amines is 1. The zero-order chi connectivity index (χ0) is 19.4. The van der Waals surface area contributed by atoms with Crippen molar-refractivity contribution in [1.29, 1.82) is 0 Å². The van der Waals surface area contributed by atoms with Crippen molar-refractivity contribution in [3.05, 3.63) is 89.4 Å². The van der Waals surface area contributed by atoms with E-state index in [2.05, 4.69) is 26.8 Å². The monoisotopic (exact) mass is 383 g/mol. The van der Waals surface area contributed by atoms with Crippen molar-refractivity contribution in [1.82, 2.24) is 20.3 Å². The van der Waals surface area contributed by atoms with Crippen molar-refractivity contribution in [2.45, 2.75) is 13.0 Å². The number of allylic oxidation sites excluding steroid dienone is 3. The van der Waals surface area contributed by atoms with Crippen LogP contribution in [0.1, 0.15) is 24.1 Å². The van der Waals surface area contributed by atoms with Gasteiger partial charge < -0.3 is 16.0 Å². The molecule has 0 spiro atoms. The number of aromatic nitrogens is 3. The van der Waals surface area contributed by atoms with Crippen LogP contribution in [0.3, 0.4) is 0 Å². The molecular formula is C20H19ClFN5. The number of nitrogens with one attached hydrogen (secondary N) is 2. The van der Waals surface area contributed by atoms with Gasteiger partial charge in [-0.2, -0.15) is 0 Å². The van der Waals surface area contributed by atoms with Crippen molar-refractivity contribution < 1.29 is 4.39 Å². The summed E-state index contributed by atoms with van der Waals surface area (Å²) in [7, 11) is 0. The van der Waals surface area contributed by atoms with Crippen LogP contribution in [-0.4, -0.2) is 15.0 Å². The number of H-pyrrole nitrogens is 1. The van der Waals surface area contributed by atoms with Gasteiger partial charge in [0, 0.05) is 23.5 Å². The smallest absolute Gasteiger partial charge is 0.156 e. The summed E-state index contributed by atoms with van der Waals surface area (Å²) in [6.07, 6.45) is 8.33. The fourth-order valence-electron chi connectivity index (χ4n) is 2.75. The number of hydrogen-bond donors (Lipinski definition) is 3. The summed E-state index contributed by atoms with van der Waals surface area (Å²) in [5.74, 6) is -0.265. The van der Waals surface area contributed by atoms with Crippen LogP contribution >= 0.6 is 11.6 Å². The van der Waals surface area contributed by atoms with Gasteiger partial charge in [0.1, 0.15) is 16.5 Å². The Bertz CT molecular complexity index is 1020. The Morgan fingerprint density at radius 1 is 1.37 bits per heavy atom. The molecule has 0 saturated heterocycles. The van der Waals surface area contributed by atoms with E-state index in [1.54, 1.807) is 24.4 Å². The van der Waals surface area contributed by atoms with E-state index in [1.165, 1.54) is 24.5 Å². The lowest BCUT2D eigenvalue weighted by atomic mass is 10.1. The molecule has 0 fully saturated rings. The summed E-state index contributed by atoms with van der Waals surface area (Å²) in [4.78, 5) is 11.6. The van der Waals surface area contributed by atoms with Gasteiger partial charge >= 0.3 is 0 Å². The highest BCUT2D eigenvalue weighted by Gasteiger charge is 2.11. The van der Waals surface area contributed by atoms with Gasteiger partial charge in [0.25, 0.3) is 0 Å². The van der Waals surface area contributed by atoms with Crippen molar-refractivity contribution in [2.24, 2.45) is 5.73 Å². The molecule has 138 valence electrons. The second-order valence-corrected chi connectivity index (χ2v) is 6.38. The number of fused-ring (bicyclic) bond motifs is 1. The average molecular weight is 384 g/mol. The second kappa shape index (κ2) is 8.05. The molecule has 0 aliphatic heterocycles. The van der Waals surface area contributed by atoms with Crippen LogP contribution in [0.25, 0.3) is 16.7 Å². The molecule has 2 heterocycles. The van der Waals surface area contributed by atoms with Gasteiger partial charge in [-0.3, -0.25) is 0 Å². The Kier molecular flexibility index (Phi) is 5.57. The lowest BCUT2D eigenvalue weighted by Crippen LogP contribution is -2.16. The summed E-state index contributed by atoms with van der Waals surface area (Å²) < 4.78 is 13.1. The Morgan fingerprint density at radius 3 is 2.81 bits per heavy atom. The van der Waals surface area contributed by atoms with Crippen molar-refractivity contribution in [2.75, 3.05) is 0 Å². The quantitative estimate of drug-likeness (QED) is 0.548. The zero-order valence-corrected chi connectivity index (χ0v) is 15.5. The molecule has 3 rings (SSSR count). The molecule has 0 saturated carbocycles. The maximum Gasteiger partial charge on any atom is 0.156 e. The van der Waals surface area contributed by atoms with Gasteiger partial charge in [0.15, 0.2) is 5.65 Å². The first-order chi connectivity index (χ1) is 13.0. The number of nitrogens with two attached hydrogens (primary N) is 1.